The van der Waals surface area contributed by atoms with Crippen molar-refractivity contribution < 1.29 is 19.0 Å². The van der Waals surface area contributed by atoms with Crippen LogP contribution in [0.25, 0.3) is 0 Å². The first-order valence-electron chi connectivity index (χ1n) is 5.62. The summed E-state index contributed by atoms with van der Waals surface area (Å²) in [7, 11) is 0. The maximum absolute atomic E-state index is 10.9. The van der Waals surface area contributed by atoms with Crippen LogP contribution in [0.2, 0.25) is 0 Å². The van der Waals surface area contributed by atoms with Crippen LogP contribution in [0.15, 0.2) is 29.2 Å². The van der Waals surface area contributed by atoms with Crippen molar-refractivity contribution in [2.45, 2.75) is 23.5 Å². The average Bonchev–Trinajstić information content (AvgIpc) is 2.85. The molecule has 1 aromatic carbocycles. The number of nitrogens with zero attached hydrogens (tertiary/aromatic N) is 1. The zero-order valence-corrected chi connectivity index (χ0v) is 10.6. The number of carboxylic acids is 1. The summed E-state index contributed by atoms with van der Waals surface area (Å²) in [6.45, 7) is 0.555. The summed E-state index contributed by atoms with van der Waals surface area (Å²) < 4.78 is 5.42. The van der Waals surface area contributed by atoms with E-state index in [2.05, 4.69) is 5.32 Å². The normalized spacial score (nSPS) is 22.3. The summed E-state index contributed by atoms with van der Waals surface area (Å²) in [5.41, 5.74) is -0.0506. The zero-order valence-electron chi connectivity index (χ0n) is 9.81. The quantitative estimate of drug-likeness (QED) is 0.479. The first-order valence-corrected chi connectivity index (χ1v) is 6.36. The number of nitrogens with one attached hydrogen (secondary N) is 1. The lowest BCUT2D eigenvalue weighted by Gasteiger charge is -2.14. The minimum Gasteiger partial charge on any atom is -0.480 e. The number of nitro groups is 1. The number of aliphatic carboxylic acids is 1. The molecule has 1 unspecified atom stereocenters. The lowest BCUT2D eigenvalue weighted by Crippen LogP contribution is -2.38. The second-order valence-corrected chi connectivity index (χ2v) is 4.80. The van der Waals surface area contributed by atoms with Crippen molar-refractivity contribution in [2.75, 3.05) is 6.54 Å². The van der Waals surface area contributed by atoms with E-state index >= 15 is 0 Å². The molecule has 1 aliphatic rings. The molecule has 0 aliphatic carbocycles. The Labute approximate surface area is 113 Å². The van der Waals surface area contributed by atoms with E-state index in [-0.39, 0.29) is 5.69 Å². The molecule has 0 amide bonds. The topological polar surface area (TPSA) is 102 Å². The van der Waals surface area contributed by atoms with Crippen molar-refractivity contribution >= 4 is 23.7 Å². The van der Waals surface area contributed by atoms with Crippen molar-refractivity contribution in [3.05, 3.63) is 34.4 Å². The van der Waals surface area contributed by atoms with Gasteiger partial charge in [0.05, 0.1) is 11.0 Å². The molecule has 2 atom stereocenters. The van der Waals surface area contributed by atoms with Crippen LogP contribution < -0.4 is 5.32 Å². The predicted octanol–water partition coefficient (Wildman–Crippen LogP) is 1.43. The summed E-state index contributed by atoms with van der Waals surface area (Å²) in [6.07, 6.45) is 0.0623. The second kappa shape index (κ2) is 6.00. The Kier molecular flexibility index (Phi) is 4.35. The Morgan fingerprint density at radius 1 is 1.53 bits per heavy atom. The van der Waals surface area contributed by atoms with Crippen molar-refractivity contribution in [1.29, 1.82) is 0 Å². The monoisotopic (exact) mass is 284 g/mol. The van der Waals surface area contributed by atoms with Gasteiger partial charge in [0.15, 0.2) is 0 Å². The van der Waals surface area contributed by atoms with Crippen LogP contribution in [0, 0.1) is 10.1 Å². The van der Waals surface area contributed by atoms with Crippen LogP contribution in [0.1, 0.15) is 6.42 Å². The lowest BCUT2D eigenvalue weighted by atomic mass is 10.2. The van der Waals surface area contributed by atoms with Crippen molar-refractivity contribution in [3.63, 3.8) is 0 Å². The first-order chi connectivity index (χ1) is 9.09. The predicted molar refractivity (Wildman–Crippen MR) is 67.9 cm³/mol. The van der Waals surface area contributed by atoms with Crippen molar-refractivity contribution in [3.8, 4) is 0 Å². The molecule has 2 rings (SSSR count). The van der Waals surface area contributed by atoms with Gasteiger partial charge in [-0.15, -0.1) is 0 Å². The van der Waals surface area contributed by atoms with E-state index in [0.29, 0.717) is 17.9 Å². The summed E-state index contributed by atoms with van der Waals surface area (Å²) in [5, 5.41) is 22.6. The Balaban J connectivity index is 2.03. The molecule has 2 N–H and O–H groups in total. The fourth-order valence-corrected chi connectivity index (χ4v) is 2.62. The van der Waals surface area contributed by atoms with Gasteiger partial charge < -0.3 is 14.6 Å². The molecule has 0 bridgehead atoms. The number of nitro benzene ring substituents is 1. The fourth-order valence-electron chi connectivity index (χ4n) is 1.82. The number of carboxylic acid groups (broad SMARTS) is 1. The minimum atomic E-state index is -0.981. The molecule has 8 heteroatoms. The molecule has 0 radical (unpaired) electrons. The van der Waals surface area contributed by atoms with Crippen LogP contribution in [-0.4, -0.2) is 34.7 Å². The third kappa shape index (κ3) is 3.22. The maximum Gasteiger partial charge on any atom is 0.323 e. The lowest BCUT2D eigenvalue weighted by molar-refractivity contribution is -0.387. The maximum atomic E-state index is 10.9. The molecule has 1 saturated heterocycles. The Morgan fingerprint density at radius 3 is 2.95 bits per heavy atom. The highest BCUT2D eigenvalue weighted by molar-refractivity contribution is 7.94. The number of benzene rings is 1. The Morgan fingerprint density at radius 2 is 2.26 bits per heavy atom. The zero-order chi connectivity index (χ0) is 13.8. The summed E-state index contributed by atoms with van der Waals surface area (Å²) in [5.74, 6) is -0.981. The highest BCUT2D eigenvalue weighted by Gasteiger charge is 2.34. The van der Waals surface area contributed by atoms with Gasteiger partial charge >= 0.3 is 5.97 Å². The van der Waals surface area contributed by atoms with Crippen LogP contribution in [0.5, 0.6) is 0 Å². The number of hydrogen-bond acceptors (Lipinski definition) is 6. The van der Waals surface area contributed by atoms with Crippen LogP contribution >= 0.6 is 12.0 Å². The third-order valence-corrected chi connectivity index (χ3v) is 3.62. The summed E-state index contributed by atoms with van der Waals surface area (Å²) in [4.78, 5) is 21.6. The number of hydrogen-bond donors (Lipinski definition) is 2. The highest BCUT2D eigenvalue weighted by Crippen LogP contribution is 2.31. The molecule has 1 aromatic rings. The molecule has 7 nitrogen and oxygen atoms in total. The minimum absolute atomic E-state index is 0.0506. The molecular weight excluding hydrogens is 272 g/mol. The van der Waals surface area contributed by atoms with E-state index in [9.17, 15) is 14.9 Å². The molecule has 19 heavy (non-hydrogen) atoms. The Bertz CT molecular complexity index is 496. The molecule has 1 heterocycles. The van der Waals surface area contributed by atoms with Gasteiger partial charge in [0.2, 0.25) is 0 Å². The van der Waals surface area contributed by atoms with E-state index in [4.69, 9.17) is 9.29 Å². The van der Waals surface area contributed by atoms with E-state index < -0.39 is 23.0 Å². The SMILES string of the molecule is O=C(O)[C@H]1NCCC1OSc1ccccc1[N+](=O)[O-]. The van der Waals surface area contributed by atoms with E-state index in [1.165, 1.54) is 6.07 Å². The van der Waals surface area contributed by atoms with Crippen LogP contribution in [0.4, 0.5) is 5.69 Å². The molecule has 0 saturated carbocycles. The smallest absolute Gasteiger partial charge is 0.323 e. The third-order valence-electron chi connectivity index (χ3n) is 2.75. The highest BCUT2D eigenvalue weighted by atomic mass is 32.2. The van der Waals surface area contributed by atoms with E-state index in [0.717, 1.165) is 12.0 Å². The second-order valence-electron chi connectivity index (χ2n) is 4.00. The van der Waals surface area contributed by atoms with E-state index in [1.807, 2.05) is 0 Å². The van der Waals surface area contributed by atoms with Gasteiger partial charge in [0.25, 0.3) is 5.69 Å². The van der Waals surface area contributed by atoms with E-state index in [1.54, 1.807) is 18.2 Å². The van der Waals surface area contributed by atoms with Crippen LogP contribution in [0.3, 0.4) is 0 Å². The molecule has 1 aliphatic heterocycles. The van der Waals surface area contributed by atoms with Gasteiger partial charge in [-0.25, -0.2) is 0 Å². The fraction of sp³-hybridized carbons (Fsp3) is 0.364. The molecular formula is C11H12N2O5S. The van der Waals surface area contributed by atoms with Crippen molar-refractivity contribution in [2.24, 2.45) is 0 Å². The van der Waals surface area contributed by atoms with Gasteiger partial charge in [0, 0.05) is 18.1 Å². The average molecular weight is 284 g/mol. The number of carbonyl (C=O) groups is 1. The molecule has 0 aromatic heterocycles. The Hall–Kier alpha value is -1.64. The van der Waals surface area contributed by atoms with Gasteiger partial charge in [-0.2, -0.15) is 0 Å². The van der Waals surface area contributed by atoms with Crippen LogP contribution in [-0.2, 0) is 8.98 Å². The molecule has 1 fully saturated rings. The number of rotatable bonds is 5. The largest absolute Gasteiger partial charge is 0.480 e. The van der Waals surface area contributed by atoms with Gasteiger partial charge in [-0.05, 0) is 19.0 Å². The number of para-hydroxylation sites is 1. The molecule has 102 valence electrons. The van der Waals surface area contributed by atoms with Crippen molar-refractivity contribution in [1.82, 2.24) is 5.32 Å². The van der Waals surface area contributed by atoms with Gasteiger partial charge in [0.1, 0.15) is 10.9 Å². The van der Waals surface area contributed by atoms with Gasteiger partial charge in [-0.3, -0.25) is 14.9 Å². The molecule has 0 spiro atoms. The first kappa shape index (κ1) is 13.8. The van der Waals surface area contributed by atoms with Gasteiger partial charge in [-0.1, -0.05) is 12.1 Å². The standard InChI is InChI=1S/C11H12N2O5S/c14-11(15)10-8(5-6-12-10)18-19-9-4-2-1-3-7(9)13(16)17/h1-4,8,10,12H,5-6H2,(H,14,15)/t8?,10-/m0/s1. The summed E-state index contributed by atoms with van der Waals surface area (Å²) >= 11 is 0.849. The summed E-state index contributed by atoms with van der Waals surface area (Å²) in [6, 6.07) is 5.42.